The summed E-state index contributed by atoms with van der Waals surface area (Å²) >= 11 is 8.36. The summed E-state index contributed by atoms with van der Waals surface area (Å²) in [6.07, 6.45) is 3.96. The van der Waals surface area contributed by atoms with Crippen LogP contribution in [0.5, 0.6) is 0 Å². The molecule has 0 spiro atoms. The monoisotopic (exact) mass is 734 g/mol. The SMILES string of the molecule is CCCCc1nc2c(ccc[n+]2CC2=C(C(=O)O)N3C(=O)C(NC(=O)C(=NO[C@@H](C)C(=O)O)c4nc(N)sc4Cl)C3SC2)n1CC[C@H](C)N. The molecule has 262 valence electrons. The van der Waals surface area contributed by atoms with Crippen molar-refractivity contribution in [2.45, 2.75) is 83.1 Å². The van der Waals surface area contributed by atoms with Gasteiger partial charge in [0.25, 0.3) is 11.8 Å². The predicted octanol–water partition coefficient (Wildman–Crippen LogP) is 1.73. The third kappa shape index (κ3) is 7.51. The van der Waals surface area contributed by atoms with E-state index in [4.69, 9.17) is 38.0 Å². The van der Waals surface area contributed by atoms with Gasteiger partial charge in [-0.3, -0.25) is 14.5 Å². The lowest BCUT2D eigenvalue weighted by Gasteiger charge is -2.49. The van der Waals surface area contributed by atoms with Gasteiger partial charge in [-0.15, -0.1) is 11.8 Å². The molecule has 2 aliphatic rings. The number of carbonyl (C=O) groups excluding carboxylic acids is 2. The number of nitrogens with zero attached hydrogens (tertiary/aromatic N) is 6. The van der Waals surface area contributed by atoms with E-state index in [1.165, 1.54) is 23.6 Å². The Balaban J connectivity index is 1.40. The molecule has 3 aromatic heterocycles. The smallest absolute Gasteiger partial charge is 0.352 e. The standard InChI is InChI=1S/C30H36ClN9O7S2/c1-4-5-8-18-34-24-17(39(18)11-9-14(2)32)7-6-10-38(24)12-16-13-48-27-21(26(42)40(27)22(16)29(45)46)35-25(41)20(37-47-15(3)28(43)44)19-23(31)49-30(33)36-19/h6-7,10,14-15,21,27H,4-5,8-9,11-13,32H2,1-3H3,(H4-,33,35,36,41,43,44,45,46)/p+1/t14-,15-,21?,27?/m0/s1. The number of nitrogens with one attached hydrogen (secondary N) is 1. The fraction of sp³-hybridized carbons (Fsp3) is 0.467. The van der Waals surface area contributed by atoms with Gasteiger partial charge in [-0.25, -0.2) is 19.1 Å². The van der Waals surface area contributed by atoms with Gasteiger partial charge < -0.3 is 36.4 Å². The number of carbonyl (C=O) groups is 4. The molecular weight excluding hydrogens is 698 g/mol. The number of aromatic nitrogens is 4. The minimum atomic E-state index is -1.41. The van der Waals surface area contributed by atoms with Gasteiger partial charge in [0.15, 0.2) is 10.8 Å². The van der Waals surface area contributed by atoms with Crippen molar-refractivity contribution in [3.63, 3.8) is 0 Å². The second-order valence-corrected chi connectivity index (χ2v) is 14.5. The minimum absolute atomic E-state index is 0.00361. The number of aliphatic carboxylic acids is 2. The number of hydrogen-bond donors (Lipinski definition) is 5. The molecular formula is C30H37ClN9O7S2+. The number of thioether (sulfide) groups is 1. The Morgan fingerprint density at radius 2 is 2.04 bits per heavy atom. The highest BCUT2D eigenvalue weighted by Gasteiger charge is 2.54. The third-order valence-corrected chi connectivity index (χ3v) is 10.4. The quantitative estimate of drug-likeness (QED) is 0.0650. The Bertz CT molecular complexity index is 1860. The number of pyridine rings is 1. The first-order chi connectivity index (χ1) is 23.3. The van der Waals surface area contributed by atoms with Gasteiger partial charge >= 0.3 is 17.6 Å². The number of nitrogen functional groups attached to an aromatic ring is 1. The number of hydrogen-bond acceptors (Lipinski definition) is 12. The summed E-state index contributed by atoms with van der Waals surface area (Å²) in [5.74, 6) is -2.99. The van der Waals surface area contributed by atoms with Crippen molar-refractivity contribution in [1.82, 2.24) is 24.8 Å². The maximum atomic E-state index is 13.5. The van der Waals surface area contributed by atoms with Crippen molar-refractivity contribution in [2.24, 2.45) is 10.9 Å². The minimum Gasteiger partial charge on any atom is -0.478 e. The van der Waals surface area contributed by atoms with Crippen LogP contribution in [0.2, 0.25) is 4.34 Å². The zero-order valence-corrected chi connectivity index (χ0v) is 29.3. The highest BCUT2D eigenvalue weighted by Crippen LogP contribution is 2.40. The van der Waals surface area contributed by atoms with Gasteiger partial charge in [0.05, 0.1) is 6.20 Å². The number of oxime groups is 1. The molecule has 5 rings (SSSR count). The van der Waals surface area contributed by atoms with Crippen LogP contribution in [0.25, 0.3) is 11.2 Å². The molecule has 0 saturated carbocycles. The number of halogens is 1. The van der Waals surface area contributed by atoms with Gasteiger partial charge in [0.2, 0.25) is 11.9 Å². The number of carboxylic acid groups (broad SMARTS) is 2. The van der Waals surface area contributed by atoms with Crippen LogP contribution < -0.4 is 21.4 Å². The summed E-state index contributed by atoms with van der Waals surface area (Å²) < 4.78 is 4.06. The molecule has 2 unspecified atom stereocenters. The van der Waals surface area contributed by atoms with Crippen LogP contribution in [0.3, 0.4) is 0 Å². The van der Waals surface area contributed by atoms with Crippen LogP contribution in [-0.2, 0) is 43.5 Å². The van der Waals surface area contributed by atoms with E-state index in [-0.39, 0.29) is 39.2 Å². The number of imidazole rings is 1. The van der Waals surface area contributed by atoms with Crippen LogP contribution in [0.4, 0.5) is 5.13 Å². The maximum absolute atomic E-state index is 13.5. The molecule has 5 heterocycles. The lowest BCUT2D eigenvalue weighted by molar-refractivity contribution is -0.664. The molecule has 0 aromatic carbocycles. The lowest BCUT2D eigenvalue weighted by atomic mass is 10.0. The van der Waals surface area contributed by atoms with Crippen molar-refractivity contribution in [3.8, 4) is 0 Å². The second kappa shape index (κ2) is 15.1. The molecule has 1 fully saturated rings. The molecule has 16 nitrogen and oxygen atoms in total. The highest BCUT2D eigenvalue weighted by molar-refractivity contribution is 8.00. The molecule has 3 aromatic rings. The molecule has 0 aliphatic carbocycles. The normalized spacial score (nSPS) is 19.0. The summed E-state index contributed by atoms with van der Waals surface area (Å²) in [5.41, 5.74) is 13.1. The number of β-lactam (4-membered cyclic amide) rings is 1. The van der Waals surface area contributed by atoms with E-state index in [2.05, 4.69) is 26.9 Å². The van der Waals surface area contributed by atoms with E-state index in [1.807, 2.05) is 29.8 Å². The fourth-order valence-electron chi connectivity index (χ4n) is 5.47. The van der Waals surface area contributed by atoms with E-state index in [0.29, 0.717) is 17.8 Å². The summed E-state index contributed by atoms with van der Waals surface area (Å²) in [5, 5.41) is 25.0. The van der Waals surface area contributed by atoms with Crippen molar-refractivity contribution in [3.05, 3.63) is 45.5 Å². The molecule has 0 radical (unpaired) electrons. The molecule has 49 heavy (non-hydrogen) atoms. The van der Waals surface area contributed by atoms with Crippen LogP contribution in [0, 0.1) is 0 Å². The largest absolute Gasteiger partial charge is 0.478 e. The van der Waals surface area contributed by atoms with Crippen molar-refractivity contribution in [2.75, 3.05) is 11.5 Å². The predicted molar refractivity (Wildman–Crippen MR) is 183 cm³/mol. The topological polar surface area (TPSA) is 232 Å². The number of rotatable bonds is 15. The van der Waals surface area contributed by atoms with Gasteiger partial charge in [0.1, 0.15) is 39.2 Å². The van der Waals surface area contributed by atoms with E-state index in [1.54, 1.807) is 0 Å². The fourth-order valence-corrected chi connectivity index (χ4v) is 7.74. The first-order valence-electron chi connectivity index (χ1n) is 15.5. The Labute approximate surface area is 294 Å². The molecule has 7 N–H and O–H groups in total. The van der Waals surface area contributed by atoms with Crippen LogP contribution in [-0.4, -0.2) is 88.4 Å². The van der Waals surface area contributed by atoms with Gasteiger partial charge in [0, 0.05) is 30.3 Å². The third-order valence-electron chi connectivity index (χ3n) is 8.01. The summed E-state index contributed by atoms with van der Waals surface area (Å²) in [7, 11) is 0. The number of thiazole rings is 1. The Hall–Kier alpha value is -4.26. The first kappa shape index (κ1) is 36.0. The van der Waals surface area contributed by atoms with E-state index >= 15 is 0 Å². The molecule has 1 saturated heterocycles. The van der Waals surface area contributed by atoms with Crippen LogP contribution in [0.15, 0.2) is 34.8 Å². The first-order valence-corrected chi connectivity index (χ1v) is 17.8. The average molecular weight is 735 g/mol. The number of amides is 2. The molecule has 0 bridgehead atoms. The van der Waals surface area contributed by atoms with Gasteiger partial charge in [-0.1, -0.05) is 41.4 Å². The summed E-state index contributed by atoms with van der Waals surface area (Å²) in [6.45, 7) is 6.16. The Morgan fingerprint density at radius 1 is 1.29 bits per heavy atom. The van der Waals surface area contributed by atoms with Crippen molar-refractivity contribution in [1.29, 1.82) is 0 Å². The number of nitrogens with two attached hydrogens (primary N) is 2. The van der Waals surface area contributed by atoms with Crippen molar-refractivity contribution >= 4 is 80.5 Å². The van der Waals surface area contributed by atoms with E-state index < -0.39 is 47.0 Å². The van der Waals surface area contributed by atoms with Crippen LogP contribution >= 0.6 is 34.7 Å². The molecule has 4 atom stereocenters. The number of anilines is 1. The summed E-state index contributed by atoms with van der Waals surface area (Å²) in [6, 6.07) is 2.77. The van der Waals surface area contributed by atoms with E-state index in [0.717, 1.165) is 48.4 Å². The summed E-state index contributed by atoms with van der Waals surface area (Å²) in [4.78, 5) is 65.9. The Morgan fingerprint density at radius 3 is 2.67 bits per heavy atom. The average Bonchev–Trinajstić information content (AvgIpc) is 3.59. The van der Waals surface area contributed by atoms with Crippen LogP contribution in [0.1, 0.15) is 51.6 Å². The number of carboxylic acids is 2. The van der Waals surface area contributed by atoms with Gasteiger partial charge in [-0.05, 0) is 43.8 Å². The highest BCUT2D eigenvalue weighted by atomic mass is 35.5. The van der Waals surface area contributed by atoms with Crippen molar-refractivity contribution < 1.29 is 38.8 Å². The molecule has 2 amide bonds. The number of unbranched alkanes of at least 4 members (excludes halogenated alkanes) is 1. The lowest BCUT2D eigenvalue weighted by Crippen LogP contribution is -2.71. The zero-order valence-electron chi connectivity index (χ0n) is 27.0. The van der Waals surface area contributed by atoms with E-state index in [9.17, 15) is 24.3 Å². The number of fused-ring (bicyclic) bond motifs is 2. The second-order valence-electron chi connectivity index (χ2n) is 11.7. The zero-order chi connectivity index (χ0) is 35.6. The molecule has 2 aliphatic heterocycles. The Kier molecular flexibility index (Phi) is 11.1. The number of aryl methyl sites for hydroxylation is 2. The molecule has 19 heteroatoms. The van der Waals surface area contributed by atoms with Gasteiger partial charge in [-0.2, -0.15) is 0 Å². The maximum Gasteiger partial charge on any atom is 0.352 e.